The van der Waals surface area contributed by atoms with Gasteiger partial charge in [-0.2, -0.15) is 0 Å². The molecule has 2 aromatic rings. The smallest absolute Gasteiger partial charge is 0.146 e. The molecule has 112 valence electrons. The normalized spacial score (nSPS) is 11.4. The summed E-state index contributed by atoms with van der Waals surface area (Å²) in [6.07, 6.45) is 8.16. The molecule has 2 aromatic heterocycles. The van der Waals surface area contributed by atoms with Crippen LogP contribution in [0, 0.1) is 5.92 Å². The second-order valence-corrected chi connectivity index (χ2v) is 6.42. The summed E-state index contributed by atoms with van der Waals surface area (Å²) in [5.74, 6) is 1.57. The fourth-order valence-corrected chi connectivity index (χ4v) is 2.80. The Labute approximate surface area is 131 Å². The molecule has 0 unspecified atom stereocenters. The first-order valence-corrected chi connectivity index (χ1v) is 8.17. The third-order valence-corrected chi connectivity index (χ3v) is 3.99. The van der Waals surface area contributed by atoms with E-state index in [4.69, 9.17) is 0 Å². The van der Waals surface area contributed by atoms with Crippen LogP contribution in [0.15, 0.2) is 48.1 Å². The molecule has 0 aromatic carbocycles. The van der Waals surface area contributed by atoms with Crippen LogP contribution >= 0.6 is 11.3 Å². The van der Waals surface area contributed by atoms with Gasteiger partial charge in [0, 0.05) is 30.7 Å². The molecular weight excluding hydrogens is 278 g/mol. The maximum atomic E-state index is 4.53. The number of thiophene rings is 1. The summed E-state index contributed by atoms with van der Waals surface area (Å²) >= 11 is 1.78. The molecule has 0 fully saturated rings. The van der Waals surface area contributed by atoms with Gasteiger partial charge in [0.15, 0.2) is 0 Å². The van der Waals surface area contributed by atoms with Crippen molar-refractivity contribution in [1.82, 2.24) is 10.4 Å². The van der Waals surface area contributed by atoms with E-state index in [-0.39, 0.29) is 0 Å². The van der Waals surface area contributed by atoms with Crippen molar-refractivity contribution in [3.63, 3.8) is 0 Å². The van der Waals surface area contributed by atoms with Crippen LogP contribution < -0.4 is 10.4 Å². The highest BCUT2D eigenvalue weighted by molar-refractivity contribution is 7.09. The number of rotatable bonds is 7. The molecule has 0 aliphatic heterocycles. The quantitative estimate of drug-likeness (QED) is 0.782. The third kappa shape index (κ3) is 4.99. The van der Waals surface area contributed by atoms with Gasteiger partial charge in [-0.3, -0.25) is 5.01 Å². The number of allylic oxidation sites excluding steroid dienone is 1. The first-order chi connectivity index (χ1) is 10.2. The van der Waals surface area contributed by atoms with E-state index < -0.39 is 0 Å². The minimum atomic E-state index is 0.656. The van der Waals surface area contributed by atoms with Crippen LogP contribution in [0.2, 0.25) is 0 Å². The van der Waals surface area contributed by atoms with Gasteiger partial charge in [0.1, 0.15) is 5.82 Å². The Hall–Kier alpha value is -1.65. The van der Waals surface area contributed by atoms with Gasteiger partial charge in [-0.05, 0) is 35.4 Å². The van der Waals surface area contributed by atoms with Gasteiger partial charge in [0.05, 0.1) is 0 Å². The lowest BCUT2D eigenvalue weighted by molar-refractivity contribution is 0.645. The summed E-state index contributed by atoms with van der Waals surface area (Å²) in [5.41, 5.74) is 4.43. The maximum Gasteiger partial charge on any atom is 0.146 e. The van der Waals surface area contributed by atoms with Crippen LogP contribution in [0.4, 0.5) is 5.82 Å². The van der Waals surface area contributed by atoms with Crippen molar-refractivity contribution >= 4 is 17.2 Å². The minimum Gasteiger partial charge on any atom is -0.268 e. The van der Waals surface area contributed by atoms with E-state index >= 15 is 0 Å². The molecule has 4 heteroatoms. The topological polar surface area (TPSA) is 28.2 Å². The number of hydrogen-bond acceptors (Lipinski definition) is 4. The molecule has 21 heavy (non-hydrogen) atoms. The van der Waals surface area contributed by atoms with Crippen LogP contribution in [-0.2, 0) is 12.8 Å². The average molecular weight is 301 g/mol. The zero-order valence-corrected chi connectivity index (χ0v) is 13.7. The van der Waals surface area contributed by atoms with Crippen molar-refractivity contribution in [2.75, 3.05) is 12.1 Å². The lowest BCUT2D eigenvalue weighted by Gasteiger charge is -2.18. The highest BCUT2D eigenvalue weighted by Gasteiger charge is 2.03. The third-order valence-electron chi connectivity index (χ3n) is 3.09. The zero-order chi connectivity index (χ0) is 15.1. The molecule has 0 aliphatic carbocycles. The number of hydrazine groups is 1. The van der Waals surface area contributed by atoms with Crippen molar-refractivity contribution in [2.24, 2.45) is 5.92 Å². The van der Waals surface area contributed by atoms with Gasteiger partial charge in [0.2, 0.25) is 0 Å². The summed E-state index contributed by atoms with van der Waals surface area (Å²) in [6, 6.07) is 8.44. The van der Waals surface area contributed by atoms with E-state index in [1.165, 1.54) is 10.4 Å². The van der Waals surface area contributed by atoms with Crippen LogP contribution in [-0.4, -0.2) is 12.0 Å². The lowest BCUT2D eigenvalue weighted by Crippen LogP contribution is -2.30. The van der Waals surface area contributed by atoms with Crippen molar-refractivity contribution in [3.05, 3.63) is 58.6 Å². The molecule has 1 N–H and O–H groups in total. The number of hydrogen-bond donors (Lipinski definition) is 1. The Morgan fingerprint density at radius 3 is 2.76 bits per heavy atom. The van der Waals surface area contributed by atoms with Crippen LogP contribution in [0.25, 0.3) is 0 Å². The highest BCUT2D eigenvalue weighted by Crippen LogP contribution is 2.14. The van der Waals surface area contributed by atoms with Gasteiger partial charge < -0.3 is 0 Å². The Bertz CT molecular complexity index is 544. The van der Waals surface area contributed by atoms with E-state index in [0.717, 1.165) is 18.7 Å². The van der Waals surface area contributed by atoms with Gasteiger partial charge in [-0.1, -0.05) is 32.1 Å². The number of anilines is 1. The highest BCUT2D eigenvalue weighted by atomic mass is 32.1. The minimum absolute atomic E-state index is 0.656. The number of aromatic nitrogens is 1. The second kappa shape index (κ2) is 7.96. The van der Waals surface area contributed by atoms with E-state index in [2.05, 4.69) is 60.0 Å². The van der Waals surface area contributed by atoms with E-state index in [0.29, 0.717) is 5.92 Å². The standard InChI is InChI=1S/C17H23N3S/c1-14(2)12-15-8-9-17(19-13-15)20(18-3)10-4-6-16-7-5-11-21-16/h4-5,7-11,13-14,18H,6,12H2,1-3H3/b10-4-. The molecule has 0 amide bonds. The monoisotopic (exact) mass is 301 g/mol. The Kier molecular flexibility index (Phi) is 5.96. The van der Waals surface area contributed by atoms with Crippen molar-refractivity contribution < 1.29 is 0 Å². The summed E-state index contributed by atoms with van der Waals surface area (Å²) < 4.78 is 0. The van der Waals surface area contributed by atoms with Crippen LogP contribution in [0.1, 0.15) is 24.3 Å². The summed E-state index contributed by atoms with van der Waals surface area (Å²) in [7, 11) is 1.90. The van der Waals surface area contributed by atoms with Gasteiger partial charge >= 0.3 is 0 Å². The van der Waals surface area contributed by atoms with Crippen molar-refractivity contribution in [2.45, 2.75) is 26.7 Å². The van der Waals surface area contributed by atoms with Gasteiger partial charge in [0.25, 0.3) is 0 Å². The molecule has 0 saturated carbocycles. The fraction of sp³-hybridized carbons (Fsp3) is 0.353. The first kappa shape index (κ1) is 15.7. The number of nitrogens with one attached hydrogen (secondary N) is 1. The largest absolute Gasteiger partial charge is 0.268 e. The maximum absolute atomic E-state index is 4.53. The number of nitrogens with zero attached hydrogens (tertiary/aromatic N) is 2. The molecule has 0 spiro atoms. The summed E-state index contributed by atoms with van der Waals surface area (Å²) in [5, 5.41) is 4.04. The number of pyridine rings is 1. The molecule has 3 nitrogen and oxygen atoms in total. The predicted molar refractivity (Wildman–Crippen MR) is 91.5 cm³/mol. The van der Waals surface area contributed by atoms with Gasteiger partial charge in [-0.25, -0.2) is 10.4 Å². The molecule has 2 heterocycles. The van der Waals surface area contributed by atoms with Crippen LogP contribution in [0.3, 0.4) is 0 Å². The van der Waals surface area contributed by atoms with Crippen molar-refractivity contribution in [1.29, 1.82) is 0 Å². The summed E-state index contributed by atoms with van der Waals surface area (Å²) in [6.45, 7) is 4.45. The SMILES string of the molecule is CNN(/C=C\Cc1cccs1)c1ccc(CC(C)C)cn1. The van der Waals surface area contributed by atoms with Crippen molar-refractivity contribution in [3.8, 4) is 0 Å². The second-order valence-electron chi connectivity index (χ2n) is 5.38. The molecular formula is C17H23N3S. The lowest BCUT2D eigenvalue weighted by atomic mass is 10.1. The van der Waals surface area contributed by atoms with Crippen LogP contribution in [0.5, 0.6) is 0 Å². The average Bonchev–Trinajstić information content (AvgIpc) is 2.97. The van der Waals surface area contributed by atoms with E-state index in [9.17, 15) is 0 Å². The molecule has 0 bridgehead atoms. The van der Waals surface area contributed by atoms with E-state index in [1.54, 1.807) is 11.3 Å². The molecule has 0 aliphatic rings. The Balaban J connectivity index is 1.98. The molecule has 0 atom stereocenters. The predicted octanol–water partition coefficient (Wildman–Crippen LogP) is 4.04. The Morgan fingerprint density at radius 2 is 2.19 bits per heavy atom. The van der Waals surface area contributed by atoms with E-state index in [1.807, 2.05) is 24.5 Å². The first-order valence-electron chi connectivity index (χ1n) is 7.29. The fourth-order valence-electron chi connectivity index (χ4n) is 2.12. The summed E-state index contributed by atoms with van der Waals surface area (Å²) in [4.78, 5) is 5.90. The molecule has 0 radical (unpaired) electrons. The van der Waals surface area contributed by atoms with Gasteiger partial charge in [-0.15, -0.1) is 11.3 Å². The molecule has 0 saturated heterocycles. The zero-order valence-electron chi connectivity index (χ0n) is 12.9. The Morgan fingerprint density at radius 1 is 1.33 bits per heavy atom. The molecule has 2 rings (SSSR count).